The Balaban J connectivity index is 3.82. The molecule has 1 amide bonds. The summed E-state index contributed by atoms with van der Waals surface area (Å²) in [7, 11) is -1.20. The third-order valence-electron chi connectivity index (χ3n) is 1.66. The van der Waals surface area contributed by atoms with Crippen LogP contribution in [0.5, 0.6) is 0 Å². The van der Waals surface area contributed by atoms with Crippen molar-refractivity contribution in [1.29, 1.82) is 5.26 Å². The number of rotatable bonds is 6. The summed E-state index contributed by atoms with van der Waals surface area (Å²) in [4.78, 5) is 11.0. The zero-order valence-electron chi connectivity index (χ0n) is 8.16. The standard InChI is InChI=1S/C8H15N3O2S/c1-7(2-3-9)14(13)6-8(12)11-5-4-10/h7H,2-3,5-6,9H2,1H3,(H,11,12). The summed E-state index contributed by atoms with van der Waals surface area (Å²) in [6, 6.07) is 1.78. The Morgan fingerprint density at radius 1 is 1.71 bits per heavy atom. The van der Waals surface area contributed by atoms with E-state index in [9.17, 15) is 9.00 Å². The molecule has 0 aromatic heterocycles. The largest absolute Gasteiger partial charge is 0.342 e. The number of hydrogen-bond acceptors (Lipinski definition) is 4. The van der Waals surface area contributed by atoms with Gasteiger partial charge in [-0.3, -0.25) is 9.00 Å². The monoisotopic (exact) mass is 217 g/mol. The Morgan fingerprint density at radius 2 is 2.36 bits per heavy atom. The van der Waals surface area contributed by atoms with E-state index in [0.717, 1.165) is 0 Å². The number of hydrogen-bond donors (Lipinski definition) is 2. The van der Waals surface area contributed by atoms with E-state index < -0.39 is 10.8 Å². The number of nitriles is 1. The second kappa shape index (κ2) is 7.47. The minimum absolute atomic E-state index is 0.0404. The van der Waals surface area contributed by atoms with Gasteiger partial charge in [0, 0.05) is 16.0 Å². The third-order valence-corrected chi connectivity index (χ3v) is 3.34. The van der Waals surface area contributed by atoms with Crippen LogP contribution in [-0.2, 0) is 15.6 Å². The molecule has 2 atom stereocenters. The van der Waals surface area contributed by atoms with Crippen LogP contribution in [0.4, 0.5) is 0 Å². The van der Waals surface area contributed by atoms with E-state index in [-0.39, 0.29) is 23.5 Å². The van der Waals surface area contributed by atoms with Crippen LogP contribution in [0.25, 0.3) is 0 Å². The van der Waals surface area contributed by atoms with E-state index in [1.54, 1.807) is 13.0 Å². The lowest BCUT2D eigenvalue weighted by atomic mass is 10.3. The van der Waals surface area contributed by atoms with Crippen LogP contribution in [0.1, 0.15) is 13.3 Å². The van der Waals surface area contributed by atoms with E-state index in [1.807, 2.05) is 0 Å². The molecule has 0 spiro atoms. The van der Waals surface area contributed by atoms with Gasteiger partial charge in [-0.05, 0) is 13.0 Å². The summed E-state index contributed by atoms with van der Waals surface area (Å²) in [6.45, 7) is 2.22. The second-order valence-electron chi connectivity index (χ2n) is 2.85. The first-order valence-corrected chi connectivity index (χ1v) is 5.71. The molecule has 0 saturated carbocycles. The van der Waals surface area contributed by atoms with E-state index in [1.165, 1.54) is 0 Å². The average Bonchev–Trinajstić information content (AvgIpc) is 2.15. The summed E-state index contributed by atoms with van der Waals surface area (Å²) in [5, 5.41) is 10.4. The Morgan fingerprint density at radius 3 is 2.86 bits per heavy atom. The molecule has 0 aromatic carbocycles. The van der Waals surface area contributed by atoms with Crippen LogP contribution in [0.2, 0.25) is 0 Å². The van der Waals surface area contributed by atoms with Crippen LogP contribution in [0, 0.1) is 11.3 Å². The van der Waals surface area contributed by atoms with Crippen LogP contribution in [0.15, 0.2) is 0 Å². The van der Waals surface area contributed by atoms with Crippen molar-refractivity contribution in [3.8, 4) is 6.07 Å². The number of carbonyl (C=O) groups excluding carboxylic acids is 1. The molecule has 0 fully saturated rings. The van der Waals surface area contributed by atoms with Gasteiger partial charge in [0.05, 0.1) is 6.07 Å². The van der Waals surface area contributed by atoms with Gasteiger partial charge < -0.3 is 11.1 Å². The summed E-state index contributed by atoms with van der Waals surface area (Å²) in [6.07, 6.45) is 0.637. The number of amides is 1. The van der Waals surface area contributed by atoms with E-state index in [4.69, 9.17) is 11.0 Å². The van der Waals surface area contributed by atoms with Crippen molar-refractivity contribution in [2.75, 3.05) is 18.8 Å². The first-order valence-electron chi connectivity index (χ1n) is 4.32. The molecule has 5 nitrogen and oxygen atoms in total. The molecule has 0 aromatic rings. The summed E-state index contributed by atoms with van der Waals surface area (Å²) >= 11 is 0. The highest BCUT2D eigenvalue weighted by atomic mass is 32.2. The van der Waals surface area contributed by atoms with Gasteiger partial charge in [-0.2, -0.15) is 5.26 Å². The number of carbonyl (C=O) groups is 1. The molecule has 0 aliphatic rings. The number of nitrogens with two attached hydrogens (primary N) is 1. The lowest BCUT2D eigenvalue weighted by molar-refractivity contribution is -0.118. The quantitative estimate of drug-likeness (QED) is 0.564. The highest BCUT2D eigenvalue weighted by Gasteiger charge is 2.13. The lowest BCUT2D eigenvalue weighted by Crippen LogP contribution is -2.31. The Labute approximate surface area is 86.1 Å². The molecule has 0 saturated heterocycles. The molecule has 0 aliphatic heterocycles. The SMILES string of the molecule is CC(CCN)S(=O)CC(=O)NCC#N. The molecule has 3 N–H and O–H groups in total. The molecule has 0 radical (unpaired) electrons. The zero-order chi connectivity index (χ0) is 11.0. The van der Waals surface area contributed by atoms with Gasteiger partial charge in [-0.15, -0.1) is 0 Å². The van der Waals surface area contributed by atoms with Crippen LogP contribution < -0.4 is 11.1 Å². The van der Waals surface area contributed by atoms with Crippen molar-refractivity contribution in [2.45, 2.75) is 18.6 Å². The predicted octanol–water partition coefficient (Wildman–Crippen LogP) is -0.888. The normalized spacial score (nSPS) is 14.1. The van der Waals surface area contributed by atoms with E-state index in [2.05, 4.69) is 5.32 Å². The molecular weight excluding hydrogens is 202 g/mol. The number of nitrogens with zero attached hydrogens (tertiary/aromatic N) is 1. The fraction of sp³-hybridized carbons (Fsp3) is 0.750. The van der Waals surface area contributed by atoms with E-state index in [0.29, 0.717) is 13.0 Å². The van der Waals surface area contributed by atoms with Gasteiger partial charge in [0.2, 0.25) is 5.91 Å². The molecule has 0 rings (SSSR count). The fourth-order valence-electron chi connectivity index (χ4n) is 0.827. The van der Waals surface area contributed by atoms with Crippen molar-refractivity contribution in [3.63, 3.8) is 0 Å². The molecule has 80 valence electrons. The van der Waals surface area contributed by atoms with Gasteiger partial charge in [0.25, 0.3) is 0 Å². The fourth-order valence-corrected chi connectivity index (χ4v) is 1.87. The lowest BCUT2D eigenvalue weighted by Gasteiger charge is -2.08. The third kappa shape index (κ3) is 5.67. The minimum Gasteiger partial charge on any atom is -0.342 e. The summed E-state index contributed by atoms with van der Waals surface area (Å²) in [5.41, 5.74) is 5.30. The maximum Gasteiger partial charge on any atom is 0.233 e. The zero-order valence-corrected chi connectivity index (χ0v) is 8.97. The Kier molecular flexibility index (Phi) is 6.98. The van der Waals surface area contributed by atoms with Crippen molar-refractivity contribution in [2.24, 2.45) is 5.73 Å². The second-order valence-corrected chi connectivity index (χ2v) is 4.70. The van der Waals surface area contributed by atoms with Crippen LogP contribution in [-0.4, -0.2) is 34.2 Å². The first kappa shape index (κ1) is 13.1. The Hall–Kier alpha value is -0.930. The maximum absolute atomic E-state index is 11.4. The van der Waals surface area contributed by atoms with Gasteiger partial charge in [0.1, 0.15) is 12.3 Å². The average molecular weight is 217 g/mol. The van der Waals surface area contributed by atoms with Crippen LogP contribution >= 0.6 is 0 Å². The maximum atomic E-state index is 11.4. The van der Waals surface area contributed by atoms with Gasteiger partial charge in [-0.1, -0.05) is 6.92 Å². The molecule has 2 unspecified atom stereocenters. The molecular formula is C8H15N3O2S. The van der Waals surface area contributed by atoms with Crippen molar-refractivity contribution in [3.05, 3.63) is 0 Å². The Bertz CT molecular complexity index is 249. The van der Waals surface area contributed by atoms with Gasteiger partial charge in [0.15, 0.2) is 0 Å². The molecule has 0 aliphatic carbocycles. The minimum atomic E-state index is -1.20. The first-order chi connectivity index (χ1) is 6.61. The van der Waals surface area contributed by atoms with Crippen molar-refractivity contribution < 1.29 is 9.00 Å². The van der Waals surface area contributed by atoms with Crippen molar-refractivity contribution in [1.82, 2.24) is 5.32 Å². The van der Waals surface area contributed by atoms with Gasteiger partial charge >= 0.3 is 0 Å². The highest BCUT2D eigenvalue weighted by Crippen LogP contribution is 1.99. The molecule has 6 heteroatoms. The van der Waals surface area contributed by atoms with Crippen molar-refractivity contribution >= 4 is 16.7 Å². The van der Waals surface area contributed by atoms with E-state index >= 15 is 0 Å². The topological polar surface area (TPSA) is 96.0 Å². The smallest absolute Gasteiger partial charge is 0.233 e. The molecule has 0 heterocycles. The number of nitrogens with one attached hydrogen (secondary N) is 1. The highest BCUT2D eigenvalue weighted by molar-refractivity contribution is 7.86. The molecule has 0 bridgehead atoms. The predicted molar refractivity (Wildman–Crippen MR) is 54.8 cm³/mol. The summed E-state index contributed by atoms with van der Waals surface area (Å²) in [5.74, 6) is -0.406. The van der Waals surface area contributed by atoms with Crippen LogP contribution in [0.3, 0.4) is 0 Å². The molecule has 14 heavy (non-hydrogen) atoms. The van der Waals surface area contributed by atoms with Gasteiger partial charge in [-0.25, -0.2) is 0 Å². The summed E-state index contributed by atoms with van der Waals surface area (Å²) < 4.78 is 11.4.